The molecule has 0 saturated carbocycles. The van der Waals surface area contributed by atoms with E-state index in [4.69, 9.17) is 9.73 Å². The van der Waals surface area contributed by atoms with Crippen LogP contribution in [0, 0.1) is 0 Å². The normalized spacial score (nSPS) is 18.2. The highest BCUT2D eigenvalue weighted by atomic mass is 16.5. The number of hydrogen-bond donors (Lipinski definition) is 2. The van der Waals surface area contributed by atoms with E-state index in [9.17, 15) is 0 Å². The van der Waals surface area contributed by atoms with Gasteiger partial charge in [0.25, 0.3) is 0 Å². The van der Waals surface area contributed by atoms with E-state index in [0.717, 1.165) is 31.3 Å². The number of para-hydroxylation sites is 1. The lowest BCUT2D eigenvalue weighted by Crippen LogP contribution is -2.50. The number of piperidine rings is 1. The van der Waals surface area contributed by atoms with Gasteiger partial charge in [-0.1, -0.05) is 18.2 Å². The van der Waals surface area contributed by atoms with Gasteiger partial charge in [-0.25, -0.2) is 4.99 Å². The first-order chi connectivity index (χ1) is 12.1. The summed E-state index contributed by atoms with van der Waals surface area (Å²) in [6, 6.07) is 11.1. The van der Waals surface area contributed by atoms with E-state index in [1.54, 1.807) is 0 Å². The number of ether oxygens (including phenoxy) is 1. The number of aliphatic imine (C=N–C) groups is 1. The molecule has 1 aromatic carbocycles. The second-order valence-electron chi connectivity index (χ2n) is 7.01. The fourth-order valence-corrected chi connectivity index (χ4v) is 3.06. The smallest absolute Gasteiger partial charge is 0.191 e. The molecular weight excluding hydrogens is 312 g/mol. The van der Waals surface area contributed by atoms with Gasteiger partial charge in [0.1, 0.15) is 11.9 Å². The van der Waals surface area contributed by atoms with E-state index in [2.05, 4.69) is 43.2 Å². The maximum atomic E-state index is 5.90. The second-order valence-corrected chi connectivity index (χ2v) is 7.01. The van der Waals surface area contributed by atoms with Gasteiger partial charge in [0.15, 0.2) is 5.96 Å². The largest absolute Gasteiger partial charge is 0.489 e. The van der Waals surface area contributed by atoms with Gasteiger partial charge in [-0.15, -0.1) is 0 Å². The number of hydrogen-bond acceptors (Lipinski definition) is 3. The summed E-state index contributed by atoms with van der Waals surface area (Å²) in [7, 11) is 0. The van der Waals surface area contributed by atoms with Gasteiger partial charge < -0.3 is 20.3 Å². The fourth-order valence-electron chi connectivity index (χ4n) is 3.06. The highest BCUT2D eigenvalue weighted by Gasteiger charge is 2.21. The summed E-state index contributed by atoms with van der Waals surface area (Å²) in [5.41, 5.74) is 0. The summed E-state index contributed by atoms with van der Waals surface area (Å²) < 4.78 is 5.90. The molecule has 2 rings (SSSR count). The maximum Gasteiger partial charge on any atom is 0.191 e. The van der Waals surface area contributed by atoms with Crippen LogP contribution in [0.5, 0.6) is 5.75 Å². The molecule has 1 heterocycles. The average Bonchev–Trinajstić information content (AvgIpc) is 2.61. The van der Waals surface area contributed by atoms with Gasteiger partial charge in [-0.3, -0.25) is 0 Å². The number of likely N-dealkylation sites (tertiary alicyclic amines) is 1. The number of guanidine groups is 1. The molecule has 140 valence electrons. The molecule has 0 radical (unpaired) electrons. The minimum atomic E-state index is 0.0423. The van der Waals surface area contributed by atoms with Crippen LogP contribution in [0.2, 0.25) is 0 Å². The van der Waals surface area contributed by atoms with E-state index in [1.165, 1.54) is 12.8 Å². The molecule has 1 aliphatic rings. The maximum absolute atomic E-state index is 5.90. The summed E-state index contributed by atoms with van der Waals surface area (Å²) >= 11 is 0. The summed E-state index contributed by atoms with van der Waals surface area (Å²) in [6.45, 7) is 12.5. The van der Waals surface area contributed by atoms with Crippen LogP contribution in [-0.2, 0) is 0 Å². The van der Waals surface area contributed by atoms with Gasteiger partial charge in [-0.2, -0.15) is 0 Å². The van der Waals surface area contributed by atoms with Gasteiger partial charge in [0, 0.05) is 31.7 Å². The summed E-state index contributed by atoms with van der Waals surface area (Å²) in [5.74, 6) is 1.79. The average molecular weight is 347 g/mol. The van der Waals surface area contributed by atoms with E-state index in [1.807, 2.05) is 30.3 Å². The molecule has 1 saturated heterocycles. The predicted molar refractivity (Wildman–Crippen MR) is 105 cm³/mol. The highest BCUT2D eigenvalue weighted by Crippen LogP contribution is 2.13. The van der Waals surface area contributed by atoms with Crippen LogP contribution in [0.3, 0.4) is 0 Å². The molecule has 0 amide bonds. The highest BCUT2D eigenvalue weighted by molar-refractivity contribution is 5.80. The number of nitrogens with one attached hydrogen (secondary N) is 2. The topological polar surface area (TPSA) is 48.9 Å². The van der Waals surface area contributed by atoms with Crippen molar-refractivity contribution in [3.63, 3.8) is 0 Å². The predicted octanol–water partition coefficient (Wildman–Crippen LogP) is 2.88. The molecule has 1 atom stereocenters. The first-order valence-corrected chi connectivity index (χ1v) is 9.59. The quantitative estimate of drug-likeness (QED) is 0.589. The van der Waals surface area contributed by atoms with Crippen molar-refractivity contribution >= 4 is 5.96 Å². The van der Waals surface area contributed by atoms with Crippen LogP contribution < -0.4 is 15.4 Å². The number of nitrogens with zero attached hydrogens (tertiary/aromatic N) is 2. The van der Waals surface area contributed by atoms with E-state index >= 15 is 0 Å². The van der Waals surface area contributed by atoms with Crippen molar-refractivity contribution in [2.45, 2.75) is 58.7 Å². The van der Waals surface area contributed by atoms with Crippen LogP contribution in [-0.4, -0.2) is 55.2 Å². The molecule has 0 bridgehead atoms. The molecule has 1 unspecified atom stereocenters. The van der Waals surface area contributed by atoms with E-state index in [0.29, 0.717) is 18.6 Å². The third kappa shape index (κ3) is 6.94. The Hall–Kier alpha value is -1.75. The summed E-state index contributed by atoms with van der Waals surface area (Å²) in [5, 5.41) is 6.95. The molecule has 1 aromatic rings. The van der Waals surface area contributed by atoms with Crippen molar-refractivity contribution in [2.75, 3.05) is 26.2 Å². The summed E-state index contributed by atoms with van der Waals surface area (Å²) in [4.78, 5) is 7.25. The third-order valence-electron chi connectivity index (χ3n) is 4.53. The van der Waals surface area contributed by atoms with Crippen molar-refractivity contribution < 1.29 is 4.74 Å². The zero-order valence-electron chi connectivity index (χ0n) is 16.2. The van der Waals surface area contributed by atoms with Crippen LogP contribution >= 0.6 is 0 Å². The van der Waals surface area contributed by atoms with Crippen molar-refractivity contribution in [1.29, 1.82) is 0 Å². The summed E-state index contributed by atoms with van der Waals surface area (Å²) in [6.07, 6.45) is 2.37. The molecule has 0 spiro atoms. The molecule has 1 aliphatic heterocycles. The van der Waals surface area contributed by atoms with Gasteiger partial charge >= 0.3 is 0 Å². The van der Waals surface area contributed by atoms with Crippen LogP contribution in [0.15, 0.2) is 35.3 Å². The van der Waals surface area contributed by atoms with Crippen molar-refractivity contribution in [3.05, 3.63) is 30.3 Å². The Labute approximate surface area is 152 Å². The zero-order chi connectivity index (χ0) is 18.1. The Morgan fingerprint density at radius 3 is 2.48 bits per heavy atom. The van der Waals surface area contributed by atoms with Crippen LogP contribution in [0.4, 0.5) is 0 Å². The lowest BCUT2D eigenvalue weighted by molar-refractivity contribution is 0.167. The Kier molecular flexibility index (Phi) is 8.06. The van der Waals surface area contributed by atoms with Gasteiger partial charge in [0.2, 0.25) is 0 Å². The zero-order valence-corrected chi connectivity index (χ0v) is 16.2. The minimum Gasteiger partial charge on any atom is -0.489 e. The van der Waals surface area contributed by atoms with Gasteiger partial charge in [-0.05, 0) is 52.7 Å². The third-order valence-corrected chi connectivity index (χ3v) is 4.53. The SMILES string of the molecule is CCNC(=NCC(C)Oc1ccccc1)NC1CCN(C(C)C)CC1. The fraction of sp³-hybridized carbons (Fsp3) is 0.650. The van der Waals surface area contributed by atoms with Crippen molar-refractivity contribution in [1.82, 2.24) is 15.5 Å². The first-order valence-electron chi connectivity index (χ1n) is 9.59. The van der Waals surface area contributed by atoms with Gasteiger partial charge in [0.05, 0.1) is 6.54 Å². The van der Waals surface area contributed by atoms with E-state index < -0.39 is 0 Å². The molecule has 25 heavy (non-hydrogen) atoms. The monoisotopic (exact) mass is 346 g/mol. The lowest BCUT2D eigenvalue weighted by Gasteiger charge is -2.35. The Morgan fingerprint density at radius 2 is 1.88 bits per heavy atom. The number of rotatable bonds is 7. The molecule has 2 N–H and O–H groups in total. The second kappa shape index (κ2) is 10.3. The van der Waals surface area contributed by atoms with Crippen LogP contribution in [0.1, 0.15) is 40.5 Å². The minimum absolute atomic E-state index is 0.0423. The lowest BCUT2D eigenvalue weighted by atomic mass is 10.0. The Balaban J connectivity index is 1.81. The molecule has 0 aromatic heterocycles. The standard InChI is InChI=1S/C20H34N4O/c1-5-21-20(23-18-11-13-24(14-12-18)16(2)3)22-15-17(4)25-19-9-7-6-8-10-19/h6-10,16-18H,5,11-15H2,1-4H3,(H2,21,22,23). The molecule has 5 nitrogen and oxygen atoms in total. The Bertz CT molecular complexity index is 510. The molecule has 5 heteroatoms. The Morgan fingerprint density at radius 1 is 1.20 bits per heavy atom. The van der Waals surface area contributed by atoms with Crippen LogP contribution in [0.25, 0.3) is 0 Å². The first kappa shape index (κ1) is 19.6. The van der Waals surface area contributed by atoms with E-state index in [-0.39, 0.29) is 6.10 Å². The molecule has 0 aliphatic carbocycles. The van der Waals surface area contributed by atoms with Crippen molar-refractivity contribution in [3.8, 4) is 5.75 Å². The molecule has 1 fully saturated rings. The van der Waals surface area contributed by atoms with Crippen molar-refractivity contribution in [2.24, 2.45) is 4.99 Å². The molecular formula is C20H34N4O. The number of benzene rings is 1.